The summed E-state index contributed by atoms with van der Waals surface area (Å²) in [4.78, 5) is 0. The Balaban J connectivity index is 2.10. The van der Waals surface area contributed by atoms with E-state index in [0.29, 0.717) is 24.9 Å². The zero-order valence-corrected chi connectivity index (χ0v) is 9.18. The highest BCUT2D eigenvalue weighted by atomic mass is 32.2. The van der Waals surface area contributed by atoms with Crippen LogP contribution in [0.25, 0.3) is 0 Å². The third-order valence-electron chi connectivity index (χ3n) is 3.12. The summed E-state index contributed by atoms with van der Waals surface area (Å²) in [5, 5.41) is 13.5. The molecule has 0 aromatic carbocycles. The van der Waals surface area contributed by atoms with E-state index in [1.807, 2.05) is 0 Å². The third kappa shape index (κ3) is 2.27. The molecule has 0 aromatic rings. The summed E-state index contributed by atoms with van der Waals surface area (Å²) in [5.74, 6) is -0.0886. The lowest BCUT2D eigenvalue weighted by molar-refractivity contribution is 0.0144. The maximum atomic E-state index is 11.2. The van der Waals surface area contributed by atoms with Crippen LogP contribution in [0.2, 0.25) is 0 Å². The summed E-state index contributed by atoms with van der Waals surface area (Å²) in [6.45, 7) is 0. The van der Waals surface area contributed by atoms with E-state index in [4.69, 9.17) is 0 Å². The summed E-state index contributed by atoms with van der Waals surface area (Å²) in [5.41, 5.74) is -0.981. The number of fused-ring (bicyclic) bond motifs is 2. The first-order valence-electron chi connectivity index (χ1n) is 5.02. The van der Waals surface area contributed by atoms with Crippen molar-refractivity contribution in [3.63, 3.8) is 0 Å². The van der Waals surface area contributed by atoms with Gasteiger partial charge in [-0.15, -0.1) is 0 Å². The van der Waals surface area contributed by atoms with E-state index in [-0.39, 0.29) is 5.75 Å². The summed E-state index contributed by atoms with van der Waals surface area (Å²) in [6.07, 6.45) is 4.48. The molecule has 0 aromatic heterocycles. The lowest BCUT2D eigenvalue weighted by Crippen LogP contribution is -2.51. The smallest absolute Gasteiger partial charge is 0.150 e. The second-order valence-corrected chi connectivity index (χ2v) is 6.98. The molecule has 0 saturated carbocycles. The van der Waals surface area contributed by atoms with Crippen molar-refractivity contribution < 1.29 is 13.5 Å². The Hall–Kier alpha value is -0.130. The van der Waals surface area contributed by atoms with Gasteiger partial charge >= 0.3 is 0 Å². The summed E-state index contributed by atoms with van der Waals surface area (Å²) < 4.78 is 22.3. The van der Waals surface area contributed by atoms with Gasteiger partial charge in [0.25, 0.3) is 0 Å². The van der Waals surface area contributed by atoms with E-state index in [0.717, 1.165) is 12.8 Å². The molecule has 2 aliphatic rings. The van der Waals surface area contributed by atoms with Gasteiger partial charge in [-0.25, -0.2) is 8.42 Å². The van der Waals surface area contributed by atoms with Crippen molar-refractivity contribution in [2.45, 2.75) is 43.4 Å². The van der Waals surface area contributed by atoms with E-state index in [9.17, 15) is 13.5 Å². The third-order valence-corrected chi connectivity index (χ3v) is 4.18. The number of aliphatic hydroxyl groups is 1. The molecule has 2 atom stereocenters. The average molecular weight is 219 g/mol. The lowest BCUT2D eigenvalue weighted by Gasteiger charge is -2.36. The van der Waals surface area contributed by atoms with Crippen molar-refractivity contribution in [3.8, 4) is 0 Å². The molecule has 2 heterocycles. The summed E-state index contributed by atoms with van der Waals surface area (Å²) in [7, 11) is -3.08. The van der Waals surface area contributed by atoms with Crippen molar-refractivity contribution in [1.82, 2.24) is 5.32 Å². The first-order chi connectivity index (χ1) is 6.36. The Morgan fingerprint density at radius 3 is 2.29 bits per heavy atom. The molecule has 2 N–H and O–H groups in total. The van der Waals surface area contributed by atoms with Gasteiger partial charge in [-0.1, -0.05) is 0 Å². The molecule has 2 rings (SSSR count). The molecule has 2 unspecified atom stereocenters. The lowest BCUT2D eigenvalue weighted by atomic mass is 9.89. The van der Waals surface area contributed by atoms with Crippen molar-refractivity contribution in [2.75, 3.05) is 12.0 Å². The number of hydrogen-bond donors (Lipinski definition) is 2. The Kier molecular flexibility index (Phi) is 2.36. The molecular formula is C9H17NO3S. The topological polar surface area (TPSA) is 66.4 Å². The van der Waals surface area contributed by atoms with E-state index >= 15 is 0 Å². The van der Waals surface area contributed by atoms with Crippen molar-refractivity contribution >= 4 is 9.84 Å². The molecule has 5 heteroatoms. The van der Waals surface area contributed by atoms with Crippen LogP contribution in [0.1, 0.15) is 25.7 Å². The van der Waals surface area contributed by atoms with Crippen LogP contribution in [0.15, 0.2) is 0 Å². The van der Waals surface area contributed by atoms with E-state index in [2.05, 4.69) is 5.32 Å². The maximum Gasteiger partial charge on any atom is 0.150 e. The van der Waals surface area contributed by atoms with Gasteiger partial charge in [0.2, 0.25) is 0 Å². The summed E-state index contributed by atoms with van der Waals surface area (Å²) >= 11 is 0. The second-order valence-electron chi connectivity index (χ2n) is 4.84. The number of rotatable bonds is 2. The van der Waals surface area contributed by atoms with Crippen LogP contribution in [0.3, 0.4) is 0 Å². The molecule has 0 aliphatic carbocycles. The molecule has 14 heavy (non-hydrogen) atoms. The number of nitrogens with one attached hydrogen (secondary N) is 1. The number of hydrogen-bond acceptors (Lipinski definition) is 4. The van der Waals surface area contributed by atoms with Crippen LogP contribution in [0, 0.1) is 0 Å². The molecule has 2 bridgehead atoms. The molecule has 82 valence electrons. The highest BCUT2D eigenvalue weighted by molar-refractivity contribution is 7.90. The van der Waals surface area contributed by atoms with Gasteiger partial charge in [0, 0.05) is 18.3 Å². The quantitative estimate of drug-likeness (QED) is 0.668. The molecule has 2 aliphatic heterocycles. The highest BCUT2D eigenvalue weighted by Gasteiger charge is 2.43. The zero-order chi connectivity index (χ0) is 10.4. The van der Waals surface area contributed by atoms with E-state index in [1.165, 1.54) is 6.26 Å². The highest BCUT2D eigenvalue weighted by Crippen LogP contribution is 2.34. The largest absolute Gasteiger partial charge is 0.389 e. The van der Waals surface area contributed by atoms with Gasteiger partial charge in [-0.2, -0.15) is 0 Å². The first-order valence-corrected chi connectivity index (χ1v) is 7.09. The minimum atomic E-state index is -3.08. The van der Waals surface area contributed by atoms with Crippen LogP contribution in [-0.2, 0) is 9.84 Å². The second kappa shape index (κ2) is 3.18. The molecule has 0 amide bonds. The summed E-state index contributed by atoms with van der Waals surface area (Å²) in [6, 6.07) is 0.640. The predicted octanol–water partition coefficient (Wildman–Crippen LogP) is -0.324. The number of sulfone groups is 1. The SMILES string of the molecule is CS(=O)(=O)CC1(O)CC2CCC(C1)N2. The van der Waals surface area contributed by atoms with Crippen molar-refractivity contribution in [1.29, 1.82) is 0 Å². The molecule has 0 radical (unpaired) electrons. The van der Waals surface area contributed by atoms with E-state index < -0.39 is 15.4 Å². The first kappa shape index (κ1) is 10.4. The fourth-order valence-electron chi connectivity index (χ4n) is 2.83. The predicted molar refractivity (Wildman–Crippen MR) is 53.8 cm³/mol. The molecule has 2 saturated heterocycles. The average Bonchev–Trinajstić information content (AvgIpc) is 2.25. The van der Waals surface area contributed by atoms with Gasteiger partial charge in [-0.05, 0) is 25.7 Å². The Morgan fingerprint density at radius 1 is 1.36 bits per heavy atom. The molecular weight excluding hydrogens is 202 g/mol. The number of piperidine rings is 1. The zero-order valence-electron chi connectivity index (χ0n) is 8.36. The van der Waals surface area contributed by atoms with Crippen LogP contribution in [-0.4, -0.2) is 43.2 Å². The minimum absolute atomic E-state index is 0.0886. The van der Waals surface area contributed by atoms with Gasteiger partial charge in [0.05, 0.1) is 11.4 Å². The monoisotopic (exact) mass is 219 g/mol. The van der Waals surface area contributed by atoms with Gasteiger partial charge < -0.3 is 10.4 Å². The molecule has 2 fully saturated rings. The van der Waals surface area contributed by atoms with Crippen molar-refractivity contribution in [2.24, 2.45) is 0 Å². The van der Waals surface area contributed by atoms with Gasteiger partial charge in [-0.3, -0.25) is 0 Å². The Morgan fingerprint density at radius 2 is 1.86 bits per heavy atom. The molecule has 0 spiro atoms. The Labute approximate surface area is 84.6 Å². The van der Waals surface area contributed by atoms with Crippen LogP contribution >= 0.6 is 0 Å². The van der Waals surface area contributed by atoms with Gasteiger partial charge in [0.1, 0.15) is 9.84 Å². The normalized spacial score (nSPS) is 42.7. The van der Waals surface area contributed by atoms with Gasteiger partial charge in [0.15, 0.2) is 0 Å². The standard InChI is InChI=1S/C9H17NO3S/c1-14(12,13)6-9(11)4-7-2-3-8(5-9)10-7/h7-8,10-11H,2-6H2,1H3. The van der Waals surface area contributed by atoms with Crippen molar-refractivity contribution in [3.05, 3.63) is 0 Å². The van der Waals surface area contributed by atoms with E-state index in [1.54, 1.807) is 0 Å². The Bertz CT molecular complexity index is 313. The maximum absolute atomic E-state index is 11.2. The minimum Gasteiger partial charge on any atom is -0.389 e. The fourth-order valence-corrected chi connectivity index (χ4v) is 4.04. The molecule has 4 nitrogen and oxygen atoms in total. The van der Waals surface area contributed by atoms with Crippen LogP contribution < -0.4 is 5.32 Å². The fraction of sp³-hybridized carbons (Fsp3) is 1.00. The van der Waals surface area contributed by atoms with Crippen LogP contribution in [0.5, 0.6) is 0 Å². The van der Waals surface area contributed by atoms with Crippen LogP contribution in [0.4, 0.5) is 0 Å².